The molecule has 0 saturated carbocycles. The minimum absolute atomic E-state index is 0.470. The second kappa shape index (κ2) is 7.11. The number of carbonyl (C=O) groups excluding carboxylic acids is 1. The topological polar surface area (TPSA) is 78.3 Å². The predicted octanol–water partition coefficient (Wildman–Crippen LogP) is 2.36. The van der Waals surface area contributed by atoms with Gasteiger partial charge in [0.2, 0.25) is 0 Å². The second-order valence-electron chi connectivity index (χ2n) is 3.84. The van der Waals surface area contributed by atoms with Gasteiger partial charge >= 0.3 is 0 Å². The summed E-state index contributed by atoms with van der Waals surface area (Å²) in [6.45, 7) is 2.43. The van der Waals surface area contributed by atoms with Crippen LogP contribution in [-0.2, 0) is 11.2 Å². The van der Waals surface area contributed by atoms with E-state index in [0.29, 0.717) is 18.7 Å². The van der Waals surface area contributed by atoms with Gasteiger partial charge in [-0.15, -0.1) is 0 Å². The Morgan fingerprint density at radius 3 is 2.33 bits per heavy atom. The van der Waals surface area contributed by atoms with Gasteiger partial charge in [-0.2, -0.15) is 0 Å². The summed E-state index contributed by atoms with van der Waals surface area (Å²) in [5.41, 5.74) is 11.9. The van der Waals surface area contributed by atoms with E-state index in [4.69, 9.17) is 16.2 Å². The fraction of sp³-hybridized carbons (Fsp3) is 0.417. The molecule has 1 aromatic carbocycles. The van der Waals surface area contributed by atoms with Crippen molar-refractivity contribution >= 4 is 37.8 Å². The Hall–Kier alpha value is -0.590. The number of primary amides is 1. The van der Waals surface area contributed by atoms with E-state index in [-0.39, 0.29) is 0 Å². The lowest BCUT2D eigenvalue weighted by atomic mass is 10.1. The van der Waals surface area contributed by atoms with Crippen LogP contribution in [0.2, 0.25) is 0 Å². The van der Waals surface area contributed by atoms with Crippen LogP contribution in [0, 0.1) is 0 Å². The van der Waals surface area contributed by atoms with Crippen LogP contribution in [0.3, 0.4) is 0 Å². The lowest BCUT2D eigenvalue weighted by Gasteiger charge is -2.17. The van der Waals surface area contributed by atoms with Gasteiger partial charge in [-0.3, -0.25) is 4.79 Å². The first-order valence-corrected chi connectivity index (χ1v) is 7.22. The average molecular weight is 380 g/mol. The number of hydrogen-bond donors (Lipinski definition) is 2. The van der Waals surface area contributed by atoms with Crippen molar-refractivity contribution in [2.45, 2.75) is 25.9 Å². The lowest BCUT2D eigenvalue weighted by molar-refractivity contribution is -0.124. The first-order chi connectivity index (χ1) is 8.49. The maximum atomic E-state index is 11.2. The SMILES string of the molecule is CCC(Oc1c(Br)cc(CCN)cc1Br)C(N)=O. The van der Waals surface area contributed by atoms with E-state index in [1.807, 2.05) is 19.1 Å². The van der Waals surface area contributed by atoms with Crippen LogP contribution in [0.1, 0.15) is 18.9 Å². The van der Waals surface area contributed by atoms with Gasteiger partial charge in [0, 0.05) is 0 Å². The van der Waals surface area contributed by atoms with E-state index in [0.717, 1.165) is 20.9 Å². The van der Waals surface area contributed by atoms with Gasteiger partial charge in [0.15, 0.2) is 6.10 Å². The molecule has 4 N–H and O–H groups in total. The lowest BCUT2D eigenvalue weighted by Crippen LogP contribution is -2.33. The summed E-state index contributed by atoms with van der Waals surface area (Å²) in [5.74, 6) is 0.115. The third-order valence-corrected chi connectivity index (χ3v) is 3.62. The predicted molar refractivity (Wildman–Crippen MR) is 78.5 cm³/mol. The zero-order valence-corrected chi connectivity index (χ0v) is 13.3. The number of carbonyl (C=O) groups is 1. The van der Waals surface area contributed by atoms with Crippen molar-refractivity contribution in [2.24, 2.45) is 11.5 Å². The summed E-state index contributed by atoms with van der Waals surface area (Å²) in [6.07, 6.45) is 0.682. The summed E-state index contributed by atoms with van der Waals surface area (Å²) >= 11 is 6.85. The molecule has 1 rings (SSSR count). The summed E-state index contributed by atoms with van der Waals surface area (Å²) in [7, 11) is 0. The maximum Gasteiger partial charge on any atom is 0.258 e. The summed E-state index contributed by atoms with van der Waals surface area (Å²) < 4.78 is 7.18. The Morgan fingerprint density at radius 2 is 1.94 bits per heavy atom. The third kappa shape index (κ3) is 3.96. The van der Waals surface area contributed by atoms with Gasteiger partial charge < -0.3 is 16.2 Å². The molecule has 0 heterocycles. The molecule has 0 aliphatic heterocycles. The fourth-order valence-corrected chi connectivity index (χ4v) is 2.99. The number of nitrogens with two attached hydrogens (primary N) is 2. The standard InChI is InChI=1S/C12H16Br2N2O2/c1-2-10(12(16)17)18-11-8(13)5-7(3-4-15)6-9(11)14/h5-6,10H,2-4,15H2,1H3,(H2,16,17). The largest absolute Gasteiger partial charge is 0.478 e. The van der Waals surface area contributed by atoms with E-state index in [1.165, 1.54) is 0 Å². The monoisotopic (exact) mass is 378 g/mol. The molecule has 0 aliphatic rings. The van der Waals surface area contributed by atoms with Crippen molar-refractivity contribution in [1.82, 2.24) is 0 Å². The van der Waals surface area contributed by atoms with Crippen LogP contribution >= 0.6 is 31.9 Å². The molecule has 1 aromatic rings. The molecule has 0 aliphatic carbocycles. The first kappa shape index (κ1) is 15.5. The van der Waals surface area contributed by atoms with Gasteiger partial charge in [0.1, 0.15) is 5.75 Å². The number of rotatable bonds is 6. The summed E-state index contributed by atoms with van der Waals surface area (Å²) in [6, 6.07) is 3.86. The molecule has 6 heteroatoms. The zero-order chi connectivity index (χ0) is 13.7. The van der Waals surface area contributed by atoms with Gasteiger partial charge in [-0.25, -0.2) is 0 Å². The molecule has 4 nitrogen and oxygen atoms in total. The van der Waals surface area contributed by atoms with Crippen molar-refractivity contribution in [2.75, 3.05) is 6.54 Å². The van der Waals surface area contributed by atoms with Crippen molar-refractivity contribution in [1.29, 1.82) is 0 Å². The average Bonchev–Trinajstić information content (AvgIpc) is 2.28. The van der Waals surface area contributed by atoms with Crippen LogP contribution in [0.15, 0.2) is 21.1 Å². The highest BCUT2D eigenvalue weighted by atomic mass is 79.9. The minimum atomic E-state index is -0.627. The first-order valence-electron chi connectivity index (χ1n) is 5.63. The minimum Gasteiger partial charge on any atom is -0.478 e. The molecular formula is C12H16Br2N2O2. The van der Waals surface area contributed by atoms with Crippen LogP contribution in [0.5, 0.6) is 5.75 Å². The van der Waals surface area contributed by atoms with Crippen LogP contribution in [-0.4, -0.2) is 18.6 Å². The second-order valence-corrected chi connectivity index (χ2v) is 5.55. The molecule has 0 spiro atoms. The Bertz CT molecular complexity index is 415. The maximum absolute atomic E-state index is 11.2. The van der Waals surface area contributed by atoms with E-state index >= 15 is 0 Å². The molecule has 1 atom stereocenters. The van der Waals surface area contributed by atoms with Gasteiger partial charge in [0.05, 0.1) is 8.95 Å². The Kier molecular flexibility index (Phi) is 6.11. The smallest absolute Gasteiger partial charge is 0.258 e. The zero-order valence-electron chi connectivity index (χ0n) is 10.1. The molecule has 1 unspecified atom stereocenters. The molecule has 0 bridgehead atoms. The van der Waals surface area contributed by atoms with Crippen LogP contribution in [0.25, 0.3) is 0 Å². The summed E-state index contributed by atoms with van der Waals surface area (Å²) in [4.78, 5) is 11.2. The summed E-state index contributed by atoms with van der Waals surface area (Å²) in [5, 5.41) is 0. The number of ether oxygens (including phenoxy) is 1. The van der Waals surface area contributed by atoms with E-state index < -0.39 is 12.0 Å². The molecule has 0 aromatic heterocycles. The van der Waals surface area contributed by atoms with E-state index in [9.17, 15) is 4.79 Å². The quantitative estimate of drug-likeness (QED) is 0.796. The Balaban J connectivity index is 2.99. The molecule has 18 heavy (non-hydrogen) atoms. The van der Waals surface area contributed by atoms with Crippen molar-refractivity contribution < 1.29 is 9.53 Å². The molecule has 0 saturated heterocycles. The van der Waals surface area contributed by atoms with Crippen molar-refractivity contribution in [3.63, 3.8) is 0 Å². The molecule has 0 fully saturated rings. The van der Waals surface area contributed by atoms with Crippen LogP contribution in [0.4, 0.5) is 0 Å². The normalized spacial score (nSPS) is 12.2. The third-order valence-electron chi connectivity index (χ3n) is 2.44. The molecule has 100 valence electrons. The highest BCUT2D eigenvalue weighted by Gasteiger charge is 2.18. The molecular weight excluding hydrogens is 364 g/mol. The molecule has 0 radical (unpaired) electrons. The van der Waals surface area contributed by atoms with E-state index in [2.05, 4.69) is 31.9 Å². The highest BCUT2D eigenvalue weighted by Crippen LogP contribution is 2.35. The van der Waals surface area contributed by atoms with Crippen molar-refractivity contribution in [3.8, 4) is 5.75 Å². The van der Waals surface area contributed by atoms with Crippen LogP contribution < -0.4 is 16.2 Å². The van der Waals surface area contributed by atoms with Gasteiger partial charge in [-0.05, 0) is 68.9 Å². The highest BCUT2D eigenvalue weighted by molar-refractivity contribution is 9.11. The van der Waals surface area contributed by atoms with E-state index in [1.54, 1.807) is 0 Å². The number of benzene rings is 1. The fourth-order valence-electron chi connectivity index (χ4n) is 1.52. The number of hydrogen-bond acceptors (Lipinski definition) is 3. The number of halogens is 2. The van der Waals surface area contributed by atoms with Gasteiger partial charge in [-0.1, -0.05) is 6.92 Å². The van der Waals surface area contributed by atoms with Gasteiger partial charge in [0.25, 0.3) is 5.91 Å². The molecule has 1 amide bonds. The Morgan fingerprint density at radius 1 is 1.39 bits per heavy atom. The Labute approximate surface area is 123 Å². The van der Waals surface area contributed by atoms with Crippen molar-refractivity contribution in [3.05, 3.63) is 26.6 Å². The number of amides is 1.